The lowest BCUT2D eigenvalue weighted by Gasteiger charge is -2.29. The van der Waals surface area contributed by atoms with E-state index in [9.17, 15) is 17.8 Å². The van der Waals surface area contributed by atoms with Crippen LogP contribution in [0.3, 0.4) is 0 Å². The molecule has 32 heavy (non-hydrogen) atoms. The molecule has 0 heterocycles. The number of benzene rings is 2. The minimum Gasteiger partial charge on any atom is -0.465 e. The van der Waals surface area contributed by atoms with Crippen LogP contribution in [-0.4, -0.2) is 26.0 Å². The number of methoxy groups -OCH3 is 1. The maximum absolute atomic E-state index is 12.7. The van der Waals surface area contributed by atoms with Gasteiger partial charge in [-0.3, -0.25) is 4.55 Å². The maximum atomic E-state index is 12.7. The zero-order valence-corrected chi connectivity index (χ0v) is 19.5. The van der Waals surface area contributed by atoms with Gasteiger partial charge in [0.05, 0.1) is 12.7 Å². The third-order valence-electron chi connectivity index (χ3n) is 7.13. The van der Waals surface area contributed by atoms with Gasteiger partial charge in [-0.15, -0.1) is 0 Å². The minimum absolute atomic E-state index is 0.136. The SMILES string of the molecule is COC(=O)c1ccc(-c2cc(C3CCCCC3)c(S(=O)(=O)O)c(C3CCCCC3)c2)cc1. The molecule has 0 radical (unpaired) electrons. The van der Waals surface area contributed by atoms with Gasteiger partial charge in [0.1, 0.15) is 4.90 Å². The first-order valence-electron chi connectivity index (χ1n) is 11.7. The molecule has 2 aromatic rings. The summed E-state index contributed by atoms with van der Waals surface area (Å²) >= 11 is 0. The molecule has 0 amide bonds. The first-order valence-corrected chi connectivity index (χ1v) is 13.2. The van der Waals surface area contributed by atoms with Crippen LogP contribution in [0.1, 0.15) is 97.5 Å². The molecule has 5 nitrogen and oxygen atoms in total. The van der Waals surface area contributed by atoms with E-state index in [1.54, 1.807) is 12.1 Å². The van der Waals surface area contributed by atoms with Crippen molar-refractivity contribution in [2.75, 3.05) is 7.11 Å². The van der Waals surface area contributed by atoms with Gasteiger partial charge >= 0.3 is 5.97 Å². The van der Waals surface area contributed by atoms with Gasteiger partial charge in [0.2, 0.25) is 0 Å². The zero-order chi connectivity index (χ0) is 22.7. The number of rotatable bonds is 5. The molecule has 2 aliphatic carbocycles. The third-order valence-corrected chi connectivity index (χ3v) is 8.12. The Labute approximate surface area is 190 Å². The van der Waals surface area contributed by atoms with E-state index < -0.39 is 10.1 Å². The second-order valence-corrected chi connectivity index (χ2v) is 10.6. The fourth-order valence-electron chi connectivity index (χ4n) is 5.49. The van der Waals surface area contributed by atoms with Crippen molar-refractivity contribution in [3.05, 3.63) is 53.1 Å². The van der Waals surface area contributed by atoms with Gasteiger partial charge in [-0.1, -0.05) is 50.7 Å². The topological polar surface area (TPSA) is 80.7 Å². The van der Waals surface area contributed by atoms with E-state index in [1.165, 1.54) is 20.0 Å². The van der Waals surface area contributed by atoms with Crippen molar-refractivity contribution in [3.63, 3.8) is 0 Å². The van der Waals surface area contributed by atoms with E-state index in [0.29, 0.717) is 5.56 Å². The average Bonchev–Trinajstić information content (AvgIpc) is 2.83. The second-order valence-electron chi connectivity index (χ2n) is 9.20. The molecule has 0 atom stereocenters. The highest BCUT2D eigenvalue weighted by atomic mass is 32.2. The summed E-state index contributed by atoms with van der Waals surface area (Å²) in [6.07, 6.45) is 10.4. The molecular formula is C26H32O5S. The number of hydrogen-bond acceptors (Lipinski definition) is 4. The van der Waals surface area contributed by atoms with Crippen molar-refractivity contribution >= 4 is 16.1 Å². The van der Waals surface area contributed by atoms with Crippen LogP contribution in [0.2, 0.25) is 0 Å². The maximum Gasteiger partial charge on any atom is 0.337 e. The van der Waals surface area contributed by atoms with Crippen LogP contribution in [0.25, 0.3) is 11.1 Å². The van der Waals surface area contributed by atoms with E-state index >= 15 is 0 Å². The van der Waals surface area contributed by atoms with Gasteiger partial charge in [0.25, 0.3) is 10.1 Å². The molecule has 6 heteroatoms. The molecule has 0 aliphatic heterocycles. The fraction of sp³-hybridized carbons (Fsp3) is 0.500. The summed E-state index contributed by atoms with van der Waals surface area (Å²) in [6, 6.07) is 11.1. The highest BCUT2D eigenvalue weighted by Gasteiger charge is 2.31. The van der Waals surface area contributed by atoms with Crippen LogP contribution in [0.15, 0.2) is 41.3 Å². The Morgan fingerprint density at radius 1 is 0.812 bits per heavy atom. The first-order chi connectivity index (χ1) is 15.4. The summed E-state index contributed by atoms with van der Waals surface area (Å²) in [6.45, 7) is 0. The summed E-state index contributed by atoms with van der Waals surface area (Å²) in [4.78, 5) is 12.0. The van der Waals surface area contributed by atoms with Crippen LogP contribution in [0.4, 0.5) is 0 Å². The Balaban J connectivity index is 1.87. The van der Waals surface area contributed by atoms with Crippen LogP contribution in [0.5, 0.6) is 0 Å². The van der Waals surface area contributed by atoms with Crippen molar-refractivity contribution in [1.29, 1.82) is 0 Å². The quantitative estimate of drug-likeness (QED) is 0.411. The summed E-state index contributed by atoms with van der Waals surface area (Å²) in [7, 11) is -2.99. The second kappa shape index (κ2) is 9.75. The molecule has 2 aliphatic rings. The van der Waals surface area contributed by atoms with E-state index in [4.69, 9.17) is 4.74 Å². The van der Waals surface area contributed by atoms with E-state index in [-0.39, 0.29) is 22.7 Å². The molecule has 0 bridgehead atoms. The Hall–Kier alpha value is -2.18. The predicted molar refractivity (Wildman–Crippen MR) is 125 cm³/mol. The van der Waals surface area contributed by atoms with Crippen molar-refractivity contribution in [2.24, 2.45) is 0 Å². The van der Waals surface area contributed by atoms with Crippen LogP contribution >= 0.6 is 0 Å². The zero-order valence-electron chi connectivity index (χ0n) is 18.7. The number of ether oxygens (including phenoxy) is 1. The van der Waals surface area contributed by atoms with Gasteiger partial charge in [0.15, 0.2) is 0 Å². The number of carbonyl (C=O) groups excluding carboxylic acids is 1. The highest BCUT2D eigenvalue weighted by molar-refractivity contribution is 7.86. The first kappa shape index (κ1) is 23.0. The molecule has 2 aromatic carbocycles. The van der Waals surface area contributed by atoms with Crippen molar-refractivity contribution in [1.82, 2.24) is 0 Å². The minimum atomic E-state index is -4.34. The van der Waals surface area contributed by atoms with Gasteiger partial charge in [-0.25, -0.2) is 4.79 Å². The van der Waals surface area contributed by atoms with Crippen molar-refractivity contribution in [3.8, 4) is 11.1 Å². The molecule has 0 aromatic heterocycles. The van der Waals surface area contributed by atoms with Crippen LogP contribution in [-0.2, 0) is 14.9 Å². The van der Waals surface area contributed by atoms with E-state index in [0.717, 1.165) is 73.6 Å². The smallest absolute Gasteiger partial charge is 0.337 e. The highest BCUT2D eigenvalue weighted by Crippen LogP contribution is 2.44. The molecule has 2 fully saturated rings. The summed E-state index contributed by atoms with van der Waals surface area (Å²) in [5, 5.41) is 0. The Kier molecular flexibility index (Phi) is 7.01. The fourth-order valence-corrected chi connectivity index (χ4v) is 6.54. The largest absolute Gasteiger partial charge is 0.465 e. The van der Waals surface area contributed by atoms with Crippen molar-refractivity contribution in [2.45, 2.75) is 80.9 Å². The van der Waals surface area contributed by atoms with Crippen LogP contribution in [0, 0.1) is 0 Å². The Morgan fingerprint density at radius 3 is 1.69 bits per heavy atom. The molecule has 2 saturated carbocycles. The summed E-state index contributed by atoms with van der Waals surface area (Å²) in [5.74, 6) is -0.112. The lowest BCUT2D eigenvalue weighted by Crippen LogP contribution is -2.16. The molecule has 172 valence electrons. The standard InChI is InChI=1S/C26H32O5S/c1-31-26(27)21-14-12-18(13-15-21)22-16-23(19-8-4-2-5-9-19)25(32(28,29)30)24(17-22)20-10-6-3-7-11-20/h12-17,19-20H,2-11H2,1H3,(H,28,29,30). The molecule has 0 spiro atoms. The van der Waals surface area contributed by atoms with Gasteiger partial charge in [0, 0.05) is 0 Å². The number of carbonyl (C=O) groups is 1. The Bertz CT molecular complexity index is 1020. The molecular weight excluding hydrogens is 424 g/mol. The predicted octanol–water partition coefficient (Wildman–Crippen LogP) is 6.48. The molecule has 4 rings (SSSR count). The van der Waals surface area contributed by atoms with Crippen LogP contribution < -0.4 is 0 Å². The van der Waals surface area contributed by atoms with Gasteiger partial charge in [-0.05, 0) is 84.0 Å². The van der Waals surface area contributed by atoms with E-state index in [2.05, 4.69) is 0 Å². The molecule has 0 saturated heterocycles. The average molecular weight is 457 g/mol. The monoisotopic (exact) mass is 456 g/mol. The van der Waals surface area contributed by atoms with Gasteiger partial charge in [-0.2, -0.15) is 8.42 Å². The van der Waals surface area contributed by atoms with Crippen molar-refractivity contribution < 1.29 is 22.5 Å². The summed E-state index contributed by atoms with van der Waals surface area (Å²) in [5.41, 5.74) is 3.87. The lowest BCUT2D eigenvalue weighted by molar-refractivity contribution is 0.0600. The van der Waals surface area contributed by atoms with E-state index in [1.807, 2.05) is 24.3 Å². The normalized spacial score (nSPS) is 18.4. The molecule has 0 unspecified atom stereocenters. The number of hydrogen-bond donors (Lipinski definition) is 1. The Morgan fingerprint density at radius 2 is 1.28 bits per heavy atom. The number of esters is 1. The lowest BCUT2D eigenvalue weighted by atomic mass is 9.78. The van der Waals surface area contributed by atoms with Gasteiger partial charge < -0.3 is 4.74 Å². The summed E-state index contributed by atoms with van der Waals surface area (Å²) < 4.78 is 40.4. The molecule has 1 N–H and O–H groups in total. The third kappa shape index (κ3) is 4.91.